The number of Topliss-reactive ketones (excluding diaryl/α,β-unsaturated/α-hetero) is 1. The molecule has 0 fully saturated rings. The third-order valence-electron chi connectivity index (χ3n) is 3.82. The molecule has 0 unspecified atom stereocenters. The number of aromatic nitrogens is 5. The number of thioether (sulfide) groups is 1. The fraction of sp³-hybridized carbons (Fsp3) is 0.222. The quantitative estimate of drug-likeness (QED) is 0.506. The van der Waals surface area contributed by atoms with Crippen molar-refractivity contribution >= 4 is 17.5 Å². The number of para-hydroxylation sites is 1. The Morgan fingerprint density at radius 1 is 1.31 bits per heavy atom. The van der Waals surface area contributed by atoms with Gasteiger partial charge in [-0.15, -0.1) is 5.10 Å². The van der Waals surface area contributed by atoms with Gasteiger partial charge in [-0.1, -0.05) is 30.0 Å². The number of aryl methyl sites for hydroxylation is 1. The summed E-state index contributed by atoms with van der Waals surface area (Å²) in [5.74, 6) is 0.546. The van der Waals surface area contributed by atoms with Crippen LogP contribution in [0, 0.1) is 18.3 Å². The van der Waals surface area contributed by atoms with E-state index in [1.807, 2.05) is 37.3 Å². The van der Waals surface area contributed by atoms with Crippen molar-refractivity contribution < 1.29 is 4.79 Å². The Morgan fingerprint density at radius 3 is 2.69 bits per heavy atom. The first kappa shape index (κ1) is 17.8. The van der Waals surface area contributed by atoms with Crippen molar-refractivity contribution in [2.24, 2.45) is 0 Å². The summed E-state index contributed by atoms with van der Waals surface area (Å²) < 4.78 is 1.67. The monoisotopic (exact) mass is 364 g/mol. The number of nitriles is 1. The fourth-order valence-electron chi connectivity index (χ4n) is 2.53. The number of carbonyl (C=O) groups excluding carboxylic acids is 1. The number of pyridine rings is 1. The van der Waals surface area contributed by atoms with Gasteiger partial charge < -0.3 is 0 Å². The molecule has 0 saturated carbocycles. The van der Waals surface area contributed by atoms with E-state index in [0.717, 1.165) is 5.69 Å². The Balaban J connectivity index is 1.94. The standard InChI is InChI=1S/C18H16N6OS/c1-11-16(12(2)25)9-14(10-19)18(20-11)26-13(3)17-21-22-23-24(17)15-7-5-4-6-8-15/h4-9,13H,1-3H3/t13-/m0/s1. The predicted molar refractivity (Wildman–Crippen MR) is 97.1 cm³/mol. The summed E-state index contributed by atoms with van der Waals surface area (Å²) in [6, 6.07) is 13.3. The Hall–Kier alpha value is -3.05. The molecule has 3 aromatic rings. The third kappa shape index (κ3) is 3.48. The second kappa shape index (κ2) is 7.45. The topological polar surface area (TPSA) is 97.4 Å². The molecule has 2 heterocycles. The number of tetrazole rings is 1. The molecule has 3 rings (SSSR count). The molecule has 2 aromatic heterocycles. The SMILES string of the molecule is CC(=O)c1cc(C#N)c(S[C@@H](C)c2nnnn2-c2ccccc2)nc1C. The normalized spacial score (nSPS) is 11.8. The van der Waals surface area contributed by atoms with Crippen molar-refractivity contribution in [3.8, 4) is 11.8 Å². The van der Waals surface area contributed by atoms with Crippen molar-refractivity contribution in [3.05, 3.63) is 59.0 Å². The molecular formula is C18H16N6OS. The van der Waals surface area contributed by atoms with Crippen LogP contribution in [0.25, 0.3) is 5.69 Å². The summed E-state index contributed by atoms with van der Waals surface area (Å²) in [5, 5.41) is 21.8. The fourth-order valence-corrected chi connectivity index (χ4v) is 3.54. The highest BCUT2D eigenvalue weighted by Crippen LogP contribution is 2.35. The molecule has 0 spiro atoms. The van der Waals surface area contributed by atoms with E-state index < -0.39 is 0 Å². The molecule has 8 heteroatoms. The zero-order valence-corrected chi connectivity index (χ0v) is 15.4. The van der Waals surface area contributed by atoms with Crippen LogP contribution in [0.15, 0.2) is 41.4 Å². The lowest BCUT2D eigenvalue weighted by Gasteiger charge is -2.13. The van der Waals surface area contributed by atoms with Gasteiger partial charge in [0.05, 0.1) is 16.5 Å². The summed E-state index contributed by atoms with van der Waals surface area (Å²) in [6.07, 6.45) is 0. The zero-order valence-electron chi connectivity index (χ0n) is 14.5. The van der Waals surface area contributed by atoms with Crippen LogP contribution in [0.5, 0.6) is 0 Å². The summed E-state index contributed by atoms with van der Waals surface area (Å²) in [7, 11) is 0. The maximum atomic E-state index is 11.7. The van der Waals surface area contributed by atoms with Crippen LogP contribution in [0.3, 0.4) is 0 Å². The number of benzene rings is 1. The molecule has 0 aliphatic heterocycles. The van der Waals surface area contributed by atoms with E-state index in [0.29, 0.717) is 27.7 Å². The van der Waals surface area contributed by atoms with Crippen LogP contribution < -0.4 is 0 Å². The minimum atomic E-state index is -0.146. The average molecular weight is 364 g/mol. The Bertz CT molecular complexity index is 993. The van der Waals surface area contributed by atoms with E-state index in [1.54, 1.807) is 17.7 Å². The average Bonchev–Trinajstić information content (AvgIpc) is 3.12. The van der Waals surface area contributed by atoms with Crippen LogP contribution in [0.4, 0.5) is 0 Å². The van der Waals surface area contributed by atoms with Crippen molar-refractivity contribution in [3.63, 3.8) is 0 Å². The van der Waals surface area contributed by atoms with E-state index in [9.17, 15) is 10.1 Å². The smallest absolute Gasteiger partial charge is 0.169 e. The number of hydrogen-bond donors (Lipinski definition) is 0. The van der Waals surface area contributed by atoms with Crippen molar-refractivity contribution in [2.75, 3.05) is 0 Å². The van der Waals surface area contributed by atoms with E-state index in [4.69, 9.17) is 0 Å². The number of carbonyl (C=O) groups is 1. The van der Waals surface area contributed by atoms with Crippen LogP contribution in [-0.2, 0) is 0 Å². The van der Waals surface area contributed by atoms with Gasteiger partial charge in [0.1, 0.15) is 11.1 Å². The molecule has 1 atom stereocenters. The Morgan fingerprint density at radius 2 is 2.04 bits per heavy atom. The molecule has 0 aliphatic carbocycles. The summed E-state index contributed by atoms with van der Waals surface area (Å²) >= 11 is 1.39. The van der Waals surface area contributed by atoms with Crippen molar-refractivity contribution in [2.45, 2.75) is 31.0 Å². The van der Waals surface area contributed by atoms with Crippen LogP contribution in [-0.4, -0.2) is 31.0 Å². The molecule has 0 radical (unpaired) electrons. The number of nitrogens with zero attached hydrogens (tertiary/aromatic N) is 6. The van der Waals surface area contributed by atoms with Crippen molar-refractivity contribution in [1.29, 1.82) is 5.26 Å². The lowest BCUT2D eigenvalue weighted by molar-refractivity contribution is 0.101. The molecule has 0 amide bonds. The first-order chi connectivity index (χ1) is 12.5. The van der Waals surface area contributed by atoms with Gasteiger partial charge in [0.2, 0.25) is 0 Å². The molecule has 0 bridgehead atoms. The minimum absolute atomic E-state index is 0.107. The second-order valence-electron chi connectivity index (χ2n) is 5.69. The maximum absolute atomic E-state index is 11.7. The summed E-state index contributed by atoms with van der Waals surface area (Å²) in [6.45, 7) is 5.18. The van der Waals surface area contributed by atoms with Gasteiger partial charge in [-0.2, -0.15) is 9.94 Å². The van der Waals surface area contributed by atoms with E-state index >= 15 is 0 Å². The number of hydrogen-bond acceptors (Lipinski definition) is 7. The number of rotatable bonds is 5. The summed E-state index contributed by atoms with van der Waals surface area (Å²) in [4.78, 5) is 16.1. The largest absolute Gasteiger partial charge is 0.294 e. The van der Waals surface area contributed by atoms with E-state index in [-0.39, 0.29) is 11.0 Å². The van der Waals surface area contributed by atoms with Gasteiger partial charge in [0, 0.05) is 11.3 Å². The van der Waals surface area contributed by atoms with Crippen molar-refractivity contribution in [1.82, 2.24) is 25.2 Å². The van der Waals surface area contributed by atoms with Crippen LogP contribution in [0.1, 0.15) is 46.5 Å². The summed E-state index contributed by atoms with van der Waals surface area (Å²) in [5.41, 5.74) is 2.30. The molecule has 0 N–H and O–H groups in total. The van der Waals surface area contributed by atoms with Crippen LogP contribution >= 0.6 is 11.8 Å². The lowest BCUT2D eigenvalue weighted by Crippen LogP contribution is -2.06. The first-order valence-electron chi connectivity index (χ1n) is 7.94. The third-order valence-corrected chi connectivity index (χ3v) is 4.92. The minimum Gasteiger partial charge on any atom is -0.294 e. The van der Waals surface area contributed by atoms with Gasteiger partial charge >= 0.3 is 0 Å². The predicted octanol–water partition coefficient (Wildman–Crippen LogP) is 3.29. The van der Waals surface area contributed by atoms with Crippen LogP contribution in [0.2, 0.25) is 0 Å². The van der Waals surface area contributed by atoms with Gasteiger partial charge in [-0.3, -0.25) is 4.79 Å². The Labute approximate surface area is 155 Å². The highest BCUT2D eigenvalue weighted by Gasteiger charge is 2.20. The molecule has 130 valence electrons. The molecule has 0 saturated heterocycles. The molecule has 7 nitrogen and oxygen atoms in total. The number of ketones is 1. The maximum Gasteiger partial charge on any atom is 0.169 e. The van der Waals surface area contributed by atoms with Gasteiger partial charge in [0.15, 0.2) is 11.6 Å². The first-order valence-corrected chi connectivity index (χ1v) is 8.82. The van der Waals surface area contributed by atoms with E-state index in [2.05, 4.69) is 26.6 Å². The van der Waals surface area contributed by atoms with Gasteiger partial charge in [-0.05, 0) is 49.4 Å². The van der Waals surface area contributed by atoms with Gasteiger partial charge in [-0.25, -0.2) is 4.98 Å². The molecule has 1 aromatic carbocycles. The highest BCUT2D eigenvalue weighted by molar-refractivity contribution is 7.99. The highest BCUT2D eigenvalue weighted by atomic mass is 32.2. The Kier molecular flexibility index (Phi) is 5.09. The van der Waals surface area contributed by atoms with E-state index in [1.165, 1.54) is 18.7 Å². The zero-order chi connectivity index (χ0) is 18.7. The van der Waals surface area contributed by atoms with Gasteiger partial charge in [0.25, 0.3) is 0 Å². The lowest BCUT2D eigenvalue weighted by atomic mass is 10.1. The molecule has 26 heavy (non-hydrogen) atoms. The second-order valence-corrected chi connectivity index (χ2v) is 7.02. The molecule has 0 aliphatic rings. The molecular weight excluding hydrogens is 348 g/mol.